The minimum absolute atomic E-state index is 0.0534. The number of carbonyl (C=O) groups excluding carboxylic acids is 3. The lowest BCUT2D eigenvalue weighted by atomic mass is 9.97. The average molecular weight is 473 g/mol. The van der Waals surface area contributed by atoms with E-state index in [1.165, 1.54) is 56.1 Å². The van der Waals surface area contributed by atoms with Crippen molar-refractivity contribution in [3.63, 3.8) is 0 Å². The Labute approximate surface area is 196 Å². The minimum atomic E-state index is -0.762. The molecule has 8 nitrogen and oxygen atoms in total. The molecule has 0 bridgehead atoms. The Morgan fingerprint density at radius 2 is 1.88 bits per heavy atom. The summed E-state index contributed by atoms with van der Waals surface area (Å²) in [6.45, 7) is 0.0746. The van der Waals surface area contributed by atoms with E-state index in [1.54, 1.807) is 17.5 Å². The van der Waals surface area contributed by atoms with Crippen LogP contribution in [0.4, 0.5) is 5.69 Å². The summed E-state index contributed by atoms with van der Waals surface area (Å²) >= 11 is 1.27. The monoisotopic (exact) mass is 472 g/mol. The van der Waals surface area contributed by atoms with Gasteiger partial charge in [-0.15, -0.1) is 11.3 Å². The van der Waals surface area contributed by atoms with Crippen molar-refractivity contribution in [3.05, 3.63) is 51.7 Å². The number of carbonyl (C=O) groups is 3. The predicted molar refractivity (Wildman–Crippen MR) is 126 cm³/mol. The quantitative estimate of drug-likeness (QED) is 0.397. The second kappa shape index (κ2) is 12.1. The number of allylic oxidation sites excluding steroid dienone is 1. The molecule has 1 heterocycles. The van der Waals surface area contributed by atoms with E-state index in [0.717, 1.165) is 19.3 Å². The van der Waals surface area contributed by atoms with Crippen LogP contribution in [0.5, 0.6) is 11.5 Å². The van der Waals surface area contributed by atoms with E-state index in [2.05, 4.69) is 16.7 Å². The molecule has 0 unspecified atom stereocenters. The number of ether oxygens (including phenoxy) is 3. The number of amides is 2. The van der Waals surface area contributed by atoms with Crippen molar-refractivity contribution in [3.8, 4) is 11.5 Å². The van der Waals surface area contributed by atoms with Crippen LogP contribution < -0.4 is 20.1 Å². The van der Waals surface area contributed by atoms with Gasteiger partial charge in [-0.1, -0.05) is 17.7 Å². The van der Waals surface area contributed by atoms with Crippen molar-refractivity contribution < 1.29 is 28.6 Å². The van der Waals surface area contributed by atoms with Crippen molar-refractivity contribution >= 4 is 34.8 Å². The number of anilines is 1. The van der Waals surface area contributed by atoms with Crippen LogP contribution in [0.1, 0.15) is 52.1 Å². The van der Waals surface area contributed by atoms with Crippen LogP contribution in [-0.4, -0.2) is 45.2 Å². The van der Waals surface area contributed by atoms with E-state index in [4.69, 9.17) is 14.2 Å². The van der Waals surface area contributed by atoms with Gasteiger partial charge in [0.25, 0.3) is 11.8 Å². The molecule has 0 saturated heterocycles. The molecule has 176 valence electrons. The lowest BCUT2D eigenvalue weighted by Crippen LogP contribution is -2.30. The van der Waals surface area contributed by atoms with Gasteiger partial charge in [0, 0.05) is 18.7 Å². The molecule has 0 aliphatic heterocycles. The number of hydrogen-bond donors (Lipinski definition) is 2. The Balaban J connectivity index is 1.64. The van der Waals surface area contributed by atoms with Crippen LogP contribution in [0.25, 0.3) is 0 Å². The molecule has 3 rings (SSSR count). The molecule has 0 atom stereocenters. The molecule has 9 heteroatoms. The molecule has 1 aromatic heterocycles. The Morgan fingerprint density at radius 1 is 1.09 bits per heavy atom. The summed E-state index contributed by atoms with van der Waals surface area (Å²) < 4.78 is 15.8. The molecular formula is C24H28N2O6S. The van der Waals surface area contributed by atoms with Gasteiger partial charge >= 0.3 is 5.97 Å². The van der Waals surface area contributed by atoms with Crippen molar-refractivity contribution in [2.24, 2.45) is 0 Å². The first-order valence-electron chi connectivity index (χ1n) is 10.7. The Kier molecular flexibility index (Phi) is 8.88. The van der Waals surface area contributed by atoms with Gasteiger partial charge in [-0.2, -0.15) is 0 Å². The maximum absolute atomic E-state index is 12.8. The molecule has 0 saturated carbocycles. The van der Waals surface area contributed by atoms with Gasteiger partial charge < -0.3 is 24.8 Å². The van der Waals surface area contributed by atoms with Gasteiger partial charge in [0.15, 0.2) is 18.1 Å². The van der Waals surface area contributed by atoms with Crippen LogP contribution in [-0.2, 0) is 9.53 Å². The zero-order valence-corrected chi connectivity index (χ0v) is 19.6. The number of esters is 1. The molecule has 2 amide bonds. The van der Waals surface area contributed by atoms with Crippen LogP contribution >= 0.6 is 11.3 Å². The third-order valence-electron chi connectivity index (χ3n) is 5.22. The molecule has 2 N–H and O–H groups in total. The van der Waals surface area contributed by atoms with Crippen molar-refractivity contribution in [2.75, 3.05) is 32.7 Å². The smallest absolute Gasteiger partial charge is 0.340 e. The van der Waals surface area contributed by atoms with Crippen molar-refractivity contribution in [1.29, 1.82) is 0 Å². The molecular weight excluding hydrogens is 444 g/mol. The first kappa shape index (κ1) is 24.3. The number of thiophene rings is 1. The summed E-state index contributed by atoms with van der Waals surface area (Å²) in [5.41, 5.74) is 1.61. The fourth-order valence-electron chi connectivity index (χ4n) is 3.50. The maximum atomic E-state index is 12.8. The zero-order chi connectivity index (χ0) is 23.6. The first-order valence-corrected chi connectivity index (χ1v) is 11.6. The standard InChI is InChI=1S/C24H28N2O6S/c1-30-19-13-17(18(14-20(19)31-2)26-23(28)21-9-6-12-33-21)24(29)32-15-22(27)25-11-10-16-7-4-3-5-8-16/h6-7,9,12-14H,3-5,8,10-11,15H2,1-2H3,(H,25,27)(H,26,28). The van der Waals surface area contributed by atoms with Gasteiger partial charge in [-0.3, -0.25) is 9.59 Å². The van der Waals surface area contributed by atoms with Gasteiger partial charge in [-0.25, -0.2) is 4.79 Å². The Morgan fingerprint density at radius 3 is 2.55 bits per heavy atom. The number of benzene rings is 1. The van der Waals surface area contributed by atoms with E-state index >= 15 is 0 Å². The van der Waals surface area contributed by atoms with Gasteiger partial charge in [0.2, 0.25) is 0 Å². The Hall–Kier alpha value is -3.33. The lowest BCUT2D eigenvalue weighted by Gasteiger charge is -2.15. The highest BCUT2D eigenvalue weighted by atomic mass is 32.1. The summed E-state index contributed by atoms with van der Waals surface area (Å²) in [5, 5.41) is 7.26. The minimum Gasteiger partial charge on any atom is -0.493 e. The third kappa shape index (κ3) is 6.82. The van der Waals surface area contributed by atoms with Gasteiger partial charge in [-0.05, 0) is 43.6 Å². The topological polar surface area (TPSA) is 103 Å². The molecule has 0 fully saturated rings. The summed E-state index contributed by atoms with van der Waals surface area (Å²) in [4.78, 5) is 37.9. The predicted octanol–water partition coefficient (Wildman–Crippen LogP) is 4.18. The highest BCUT2D eigenvalue weighted by Gasteiger charge is 2.21. The molecule has 0 spiro atoms. The third-order valence-corrected chi connectivity index (χ3v) is 6.09. The number of hydrogen-bond acceptors (Lipinski definition) is 7. The van der Waals surface area contributed by atoms with E-state index in [9.17, 15) is 14.4 Å². The van der Waals surface area contributed by atoms with Gasteiger partial charge in [0.1, 0.15) is 0 Å². The van der Waals surface area contributed by atoms with Crippen LogP contribution in [0.3, 0.4) is 0 Å². The number of rotatable bonds is 10. The highest BCUT2D eigenvalue weighted by Crippen LogP contribution is 2.34. The van der Waals surface area contributed by atoms with E-state index < -0.39 is 12.6 Å². The zero-order valence-electron chi connectivity index (χ0n) is 18.8. The van der Waals surface area contributed by atoms with Gasteiger partial charge in [0.05, 0.1) is 30.3 Å². The maximum Gasteiger partial charge on any atom is 0.340 e. The first-order chi connectivity index (χ1) is 16.0. The normalized spacial score (nSPS) is 13.0. The van der Waals surface area contributed by atoms with Crippen LogP contribution in [0.15, 0.2) is 41.3 Å². The van der Waals surface area contributed by atoms with Crippen molar-refractivity contribution in [2.45, 2.75) is 32.1 Å². The van der Waals surface area contributed by atoms with E-state index in [1.807, 2.05) is 0 Å². The fraction of sp³-hybridized carbons (Fsp3) is 0.375. The number of nitrogens with one attached hydrogen (secondary N) is 2. The lowest BCUT2D eigenvalue weighted by molar-refractivity contribution is -0.124. The largest absolute Gasteiger partial charge is 0.493 e. The Bertz CT molecular complexity index is 1020. The van der Waals surface area contributed by atoms with E-state index in [0.29, 0.717) is 22.9 Å². The summed E-state index contributed by atoms with van der Waals surface area (Å²) in [5.74, 6) is -0.887. The summed E-state index contributed by atoms with van der Waals surface area (Å²) in [7, 11) is 2.89. The summed E-state index contributed by atoms with van der Waals surface area (Å²) in [6.07, 6.45) is 7.61. The second-order valence-corrected chi connectivity index (χ2v) is 8.42. The molecule has 33 heavy (non-hydrogen) atoms. The number of methoxy groups -OCH3 is 2. The highest BCUT2D eigenvalue weighted by molar-refractivity contribution is 7.12. The molecule has 1 aromatic carbocycles. The van der Waals surface area contributed by atoms with Crippen LogP contribution in [0.2, 0.25) is 0 Å². The fourth-order valence-corrected chi connectivity index (χ4v) is 4.12. The molecule has 2 aromatic rings. The van der Waals surface area contributed by atoms with Crippen molar-refractivity contribution in [1.82, 2.24) is 5.32 Å². The average Bonchev–Trinajstić information content (AvgIpc) is 3.38. The SMILES string of the molecule is COc1cc(NC(=O)c2cccs2)c(C(=O)OCC(=O)NCCC2=CCCCC2)cc1OC. The summed E-state index contributed by atoms with van der Waals surface area (Å²) in [6, 6.07) is 6.33. The van der Waals surface area contributed by atoms with E-state index in [-0.39, 0.29) is 23.1 Å². The molecule has 0 radical (unpaired) electrons. The van der Waals surface area contributed by atoms with Crippen LogP contribution in [0, 0.1) is 0 Å². The molecule has 1 aliphatic carbocycles. The molecule has 1 aliphatic rings. The second-order valence-electron chi connectivity index (χ2n) is 7.47.